The number of aromatic nitrogens is 1. The molecule has 2 aromatic carbocycles. The van der Waals surface area contributed by atoms with Gasteiger partial charge in [-0.15, -0.1) is 0 Å². The number of rotatable bonds is 7. The zero-order valence-electron chi connectivity index (χ0n) is 24.0. The van der Waals surface area contributed by atoms with Crippen molar-refractivity contribution in [1.82, 2.24) is 15.6 Å². The van der Waals surface area contributed by atoms with Crippen molar-refractivity contribution in [2.45, 2.75) is 50.6 Å². The van der Waals surface area contributed by atoms with Gasteiger partial charge in [0.25, 0.3) is 5.91 Å². The summed E-state index contributed by atoms with van der Waals surface area (Å²) in [5.74, 6) is -5.83. The third kappa shape index (κ3) is 6.00. The SMILES string of the molecule is CC1(C)CN(c2ccc3c(n2)N(c2c(F)cc(F)cc2F)C=C(C(=O)N[C@@H](C2CC2)C(F)(F)F)C3Oc2ccccc2)C(=O)N1. The van der Waals surface area contributed by atoms with Gasteiger partial charge in [0, 0.05) is 23.9 Å². The van der Waals surface area contributed by atoms with Crippen LogP contribution >= 0.6 is 0 Å². The molecule has 1 aliphatic carbocycles. The summed E-state index contributed by atoms with van der Waals surface area (Å²) in [7, 11) is 0. The van der Waals surface area contributed by atoms with Crippen LogP contribution in [0, 0.1) is 23.4 Å². The maximum absolute atomic E-state index is 15.3. The average Bonchev–Trinajstić information content (AvgIpc) is 3.75. The van der Waals surface area contributed by atoms with E-state index in [0.717, 1.165) is 11.1 Å². The van der Waals surface area contributed by atoms with E-state index in [0.29, 0.717) is 12.1 Å². The van der Waals surface area contributed by atoms with Gasteiger partial charge in [-0.1, -0.05) is 18.2 Å². The maximum atomic E-state index is 15.3. The van der Waals surface area contributed by atoms with Crippen LogP contribution in [0.25, 0.3) is 0 Å². The van der Waals surface area contributed by atoms with E-state index < -0.39 is 70.4 Å². The molecule has 3 heterocycles. The number of pyridine rings is 1. The van der Waals surface area contributed by atoms with E-state index in [1.54, 1.807) is 44.2 Å². The van der Waals surface area contributed by atoms with Gasteiger partial charge in [-0.3, -0.25) is 14.6 Å². The average molecular weight is 632 g/mol. The van der Waals surface area contributed by atoms with E-state index >= 15 is 8.78 Å². The number of carbonyl (C=O) groups is 2. The number of urea groups is 1. The van der Waals surface area contributed by atoms with Crippen LogP contribution in [0.4, 0.5) is 48.5 Å². The first-order valence-corrected chi connectivity index (χ1v) is 14.1. The Morgan fingerprint density at radius 1 is 1.07 bits per heavy atom. The third-order valence-corrected chi connectivity index (χ3v) is 7.69. The molecule has 6 rings (SSSR count). The van der Waals surface area contributed by atoms with Crippen LogP contribution in [0.5, 0.6) is 5.75 Å². The van der Waals surface area contributed by atoms with E-state index in [2.05, 4.69) is 10.3 Å². The van der Waals surface area contributed by atoms with Crippen molar-refractivity contribution in [2.75, 3.05) is 16.3 Å². The van der Waals surface area contributed by atoms with Crippen LogP contribution < -0.4 is 25.2 Å². The second-order valence-corrected chi connectivity index (χ2v) is 11.8. The number of nitrogens with zero attached hydrogens (tertiary/aromatic N) is 3. The van der Waals surface area contributed by atoms with Crippen LogP contribution in [-0.4, -0.2) is 41.2 Å². The lowest BCUT2D eigenvalue weighted by Crippen LogP contribution is -2.48. The van der Waals surface area contributed by atoms with Crippen molar-refractivity contribution in [3.05, 3.63) is 89.4 Å². The van der Waals surface area contributed by atoms with Crippen LogP contribution in [0.2, 0.25) is 0 Å². The number of alkyl halides is 3. The van der Waals surface area contributed by atoms with Gasteiger partial charge in [0.15, 0.2) is 17.7 Å². The number of para-hydroxylation sites is 1. The molecule has 3 aromatic rings. The predicted octanol–water partition coefficient (Wildman–Crippen LogP) is 6.42. The van der Waals surface area contributed by atoms with Gasteiger partial charge in [-0.25, -0.2) is 22.9 Å². The number of nitrogens with one attached hydrogen (secondary N) is 2. The Bertz CT molecular complexity index is 1670. The molecule has 0 spiro atoms. The molecule has 8 nitrogen and oxygen atoms in total. The quantitative estimate of drug-likeness (QED) is 0.294. The van der Waals surface area contributed by atoms with Crippen LogP contribution in [-0.2, 0) is 4.79 Å². The monoisotopic (exact) mass is 631 g/mol. The minimum atomic E-state index is -4.75. The van der Waals surface area contributed by atoms with Crippen molar-refractivity contribution in [3.8, 4) is 5.75 Å². The molecule has 236 valence electrons. The lowest BCUT2D eigenvalue weighted by atomic mass is 9.96. The minimum Gasteiger partial charge on any atom is -0.481 e. The predicted molar refractivity (Wildman–Crippen MR) is 151 cm³/mol. The Morgan fingerprint density at radius 3 is 2.31 bits per heavy atom. The lowest BCUT2D eigenvalue weighted by molar-refractivity contribution is -0.165. The number of hydrogen-bond acceptors (Lipinski definition) is 5. The molecule has 14 heteroatoms. The zero-order valence-corrected chi connectivity index (χ0v) is 24.0. The summed E-state index contributed by atoms with van der Waals surface area (Å²) in [5, 5.41) is 4.84. The molecule has 0 radical (unpaired) electrons. The highest BCUT2D eigenvalue weighted by Crippen LogP contribution is 2.45. The smallest absolute Gasteiger partial charge is 0.408 e. The Balaban J connectivity index is 1.52. The van der Waals surface area contributed by atoms with Crippen molar-refractivity contribution in [1.29, 1.82) is 0 Å². The van der Waals surface area contributed by atoms with Crippen molar-refractivity contribution in [3.63, 3.8) is 0 Å². The molecule has 1 unspecified atom stereocenters. The molecule has 2 atom stereocenters. The summed E-state index contributed by atoms with van der Waals surface area (Å²) in [6.07, 6.45) is -4.70. The van der Waals surface area contributed by atoms with Crippen molar-refractivity contribution in [2.24, 2.45) is 5.92 Å². The number of hydrogen-bond donors (Lipinski definition) is 2. The first-order valence-electron chi connectivity index (χ1n) is 14.1. The van der Waals surface area contributed by atoms with Gasteiger partial charge < -0.3 is 15.4 Å². The van der Waals surface area contributed by atoms with E-state index in [4.69, 9.17) is 4.74 Å². The summed E-state index contributed by atoms with van der Waals surface area (Å²) in [6.45, 7) is 3.75. The Morgan fingerprint density at radius 2 is 1.73 bits per heavy atom. The number of fused-ring (bicyclic) bond motifs is 1. The van der Waals surface area contributed by atoms with E-state index in [1.807, 2.05) is 5.32 Å². The highest BCUT2D eigenvalue weighted by Gasteiger charge is 2.50. The molecule has 3 aliphatic rings. The van der Waals surface area contributed by atoms with Crippen molar-refractivity contribution < 1.29 is 40.7 Å². The molecule has 3 amide bonds. The molecule has 1 aromatic heterocycles. The molecule has 1 saturated heterocycles. The topological polar surface area (TPSA) is 86.8 Å². The number of halogens is 6. The lowest BCUT2D eigenvalue weighted by Gasteiger charge is -2.35. The molecule has 2 fully saturated rings. The number of ether oxygens (including phenoxy) is 1. The number of benzene rings is 2. The van der Waals surface area contributed by atoms with Gasteiger partial charge >= 0.3 is 12.2 Å². The van der Waals surface area contributed by atoms with E-state index in [9.17, 15) is 27.2 Å². The van der Waals surface area contributed by atoms with Crippen LogP contribution in [0.3, 0.4) is 0 Å². The highest BCUT2D eigenvalue weighted by atomic mass is 19.4. The number of anilines is 3. The molecule has 45 heavy (non-hydrogen) atoms. The fourth-order valence-electron chi connectivity index (χ4n) is 5.48. The van der Waals surface area contributed by atoms with E-state index in [1.165, 1.54) is 17.0 Å². The Labute approximate surface area is 253 Å². The summed E-state index contributed by atoms with van der Waals surface area (Å²) in [4.78, 5) is 33.1. The summed E-state index contributed by atoms with van der Waals surface area (Å²) >= 11 is 0. The maximum Gasteiger partial charge on any atom is 0.408 e. The standard InChI is InChI=1S/C31H27F6N5O3/c1-30(2)15-42(29(44)40-30)23-11-10-19-25(45-18-6-4-3-5-7-18)20(28(43)39-26(16-8-9-16)31(35,36)37)14-41(27(19)38-23)24-21(33)12-17(32)13-22(24)34/h3-7,10-14,16,25-26H,8-9,15H2,1-2H3,(H,39,43)(H,40,44)/t25?,26-/m0/s1. The Hall–Kier alpha value is -4.75. The second kappa shape index (κ2) is 11.0. The molecule has 1 saturated carbocycles. The summed E-state index contributed by atoms with van der Waals surface area (Å²) in [6, 6.07) is 9.14. The first-order chi connectivity index (χ1) is 21.2. The highest BCUT2D eigenvalue weighted by molar-refractivity contribution is 5.98. The van der Waals surface area contributed by atoms with E-state index in [-0.39, 0.29) is 42.3 Å². The normalized spacial score (nSPS) is 19.9. The van der Waals surface area contributed by atoms with Gasteiger partial charge in [0.2, 0.25) is 0 Å². The first kappa shape index (κ1) is 30.3. The largest absolute Gasteiger partial charge is 0.481 e. The fourth-order valence-corrected chi connectivity index (χ4v) is 5.48. The number of carbonyl (C=O) groups excluding carboxylic acids is 2. The van der Waals surface area contributed by atoms with Crippen molar-refractivity contribution >= 4 is 29.3 Å². The molecule has 0 bridgehead atoms. The molecular weight excluding hydrogens is 604 g/mol. The van der Waals surface area contributed by atoms with Gasteiger partial charge in [-0.2, -0.15) is 13.2 Å². The third-order valence-electron chi connectivity index (χ3n) is 7.69. The molecule has 2 N–H and O–H groups in total. The minimum absolute atomic E-state index is 0.0484. The fraction of sp³-hybridized carbons (Fsp3) is 0.323. The summed E-state index contributed by atoms with van der Waals surface area (Å²) < 4.78 is 92.4. The molecule has 2 aliphatic heterocycles. The van der Waals surface area contributed by atoms with Gasteiger partial charge in [0.05, 0.1) is 17.7 Å². The van der Waals surface area contributed by atoms with Crippen LogP contribution in [0.1, 0.15) is 38.4 Å². The Kier molecular flexibility index (Phi) is 7.40. The second-order valence-electron chi connectivity index (χ2n) is 11.8. The summed E-state index contributed by atoms with van der Waals surface area (Å²) in [5.41, 5.74) is -1.85. The van der Waals surface area contributed by atoms with Crippen LogP contribution in [0.15, 0.2) is 66.4 Å². The zero-order chi connectivity index (χ0) is 32.3. The van der Waals surface area contributed by atoms with Gasteiger partial charge in [-0.05, 0) is 56.9 Å². The molecular formula is C31H27F6N5O3. The number of amides is 3. The van der Waals surface area contributed by atoms with Gasteiger partial charge in [0.1, 0.15) is 34.9 Å².